The zero-order valence-corrected chi connectivity index (χ0v) is 19.2. The summed E-state index contributed by atoms with van der Waals surface area (Å²) in [5, 5.41) is 10.7. The zero-order chi connectivity index (χ0) is 24.1. The molecule has 0 bridgehead atoms. The molecule has 1 atom stereocenters. The van der Waals surface area contributed by atoms with Crippen LogP contribution in [0.2, 0.25) is 0 Å². The van der Waals surface area contributed by atoms with Crippen LogP contribution in [-0.4, -0.2) is 42.0 Å². The predicted molar refractivity (Wildman–Crippen MR) is 126 cm³/mol. The molecule has 1 amide bonds. The van der Waals surface area contributed by atoms with Gasteiger partial charge >= 0.3 is 0 Å². The molecular weight excluding hydrogens is 434 g/mol. The van der Waals surface area contributed by atoms with Gasteiger partial charge in [-0.3, -0.25) is 9.59 Å². The van der Waals surface area contributed by atoms with E-state index in [1.54, 1.807) is 32.2 Å². The van der Waals surface area contributed by atoms with E-state index in [1.807, 2.05) is 48.5 Å². The number of nitrogens with zero attached hydrogens (tertiary/aromatic N) is 1. The first-order chi connectivity index (χ1) is 16.5. The van der Waals surface area contributed by atoms with E-state index in [2.05, 4.69) is 0 Å². The minimum Gasteiger partial charge on any atom is -0.503 e. The molecule has 1 aromatic heterocycles. The molecule has 0 fully saturated rings. The first kappa shape index (κ1) is 23.3. The highest BCUT2D eigenvalue weighted by molar-refractivity contribution is 6.15. The molecule has 0 saturated carbocycles. The maximum absolute atomic E-state index is 13.3. The molecule has 1 N–H and O–H groups in total. The van der Waals surface area contributed by atoms with Crippen LogP contribution < -0.4 is 4.74 Å². The second kappa shape index (κ2) is 10.4. The number of amides is 1. The standard InChI is InChI=1S/C27H27NO6/c1-18-12-13-22(34-18)25(29)23-24(28(14-7-15-32-2)27(31)26(23)30)20-10-6-11-21(16-20)33-17-19-8-4-3-5-9-19/h3-6,8-13,16,24,30H,7,14-15,17H2,1-2H3. The number of Topliss-reactive ketones (excluding diaryl/α,β-unsaturated/α-hetero) is 1. The minimum absolute atomic E-state index is 0.00280. The van der Waals surface area contributed by atoms with Crippen LogP contribution >= 0.6 is 0 Å². The maximum Gasteiger partial charge on any atom is 0.290 e. The molecular formula is C27H27NO6. The summed E-state index contributed by atoms with van der Waals surface area (Å²) in [4.78, 5) is 27.8. The average Bonchev–Trinajstić information content (AvgIpc) is 3.40. The van der Waals surface area contributed by atoms with Gasteiger partial charge in [-0.05, 0) is 48.7 Å². The molecule has 1 unspecified atom stereocenters. The monoisotopic (exact) mass is 461 g/mol. The van der Waals surface area contributed by atoms with E-state index in [9.17, 15) is 14.7 Å². The summed E-state index contributed by atoms with van der Waals surface area (Å²) in [6.07, 6.45) is 0.553. The third kappa shape index (κ3) is 4.89. The van der Waals surface area contributed by atoms with Crippen LogP contribution in [0.25, 0.3) is 0 Å². The quantitative estimate of drug-likeness (QED) is 0.345. The van der Waals surface area contributed by atoms with E-state index < -0.39 is 23.5 Å². The Hall–Kier alpha value is -3.84. The second-order valence-electron chi connectivity index (χ2n) is 8.10. The Kier molecular flexibility index (Phi) is 7.13. The van der Waals surface area contributed by atoms with E-state index in [0.717, 1.165) is 5.56 Å². The van der Waals surface area contributed by atoms with Crippen LogP contribution in [0.3, 0.4) is 0 Å². The van der Waals surface area contributed by atoms with E-state index in [0.29, 0.717) is 43.3 Å². The van der Waals surface area contributed by atoms with Crippen molar-refractivity contribution in [3.8, 4) is 5.75 Å². The normalized spacial score (nSPS) is 15.8. The number of furan rings is 1. The van der Waals surface area contributed by atoms with Crippen LogP contribution in [-0.2, 0) is 16.1 Å². The van der Waals surface area contributed by atoms with Gasteiger partial charge in [0.05, 0.1) is 11.6 Å². The molecule has 7 nitrogen and oxygen atoms in total. The first-order valence-corrected chi connectivity index (χ1v) is 11.1. The van der Waals surface area contributed by atoms with Crippen molar-refractivity contribution < 1.29 is 28.6 Å². The topological polar surface area (TPSA) is 89.2 Å². The van der Waals surface area contributed by atoms with Crippen molar-refractivity contribution in [2.45, 2.75) is 26.0 Å². The third-order valence-electron chi connectivity index (χ3n) is 5.68. The fourth-order valence-electron chi connectivity index (χ4n) is 4.05. The molecule has 4 rings (SSSR count). The maximum atomic E-state index is 13.3. The molecule has 0 aliphatic carbocycles. The number of aliphatic hydroxyl groups is 1. The Morgan fingerprint density at radius 1 is 1.09 bits per heavy atom. The first-order valence-electron chi connectivity index (χ1n) is 11.1. The van der Waals surface area contributed by atoms with Gasteiger partial charge in [0.15, 0.2) is 11.5 Å². The zero-order valence-electron chi connectivity index (χ0n) is 19.2. The molecule has 1 aliphatic heterocycles. The van der Waals surface area contributed by atoms with Crippen LogP contribution in [0.4, 0.5) is 0 Å². The molecule has 0 saturated heterocycles. The Morgan fingerprint density at radius 3 is 2.59 bits per heavy atom. The highest BCUT2D eigenvalue weighted by Crippen LogP contribution is 2.40. The number of aryl methyl sites for hydroxylation is 1. The van der Waals surface area contributed by atoms with Crippen LogP contribution in [0.15, 0.2) is 82.5 Å². The van der Waals surface area contributed by atoms with Gasteiger partial charge in [-0.15, -0.1) is 0 Å². The summed E-state index contributed by atoms with van der Waals surface area (Å²) in [5.41, 5.74) is 1.68. The van der Waals surface area contributed by atoms with Gasteiger partial charge in [0.2, 0.25) is 5.78 Å². The van der Waals surface area contributed by atoms with E-state index in [-0.39, 0.29) is 11.3 Å². The fraction of sp³-hybridized carbons (Fsp3) is 0.259. The Bertz CT molecular complexity index is 1200. The van der Waals surface area contributed by atoms with E-state index in [1.165, 1.54) is 4.90 Å². The number of methoxy groups -OCH3 is 1. The second-order valence-corrected chi connectivity index (χ2v) is 8.10. The largest absolute Gasteiger partial charge is 0.503 e. The fourth-order valence-corrected chi connectivity index (χ4v) is 4.05. The summed E-state index contributed by atoms with van der Waals surface area (Å²) in [6, 6.07) is 19.5. The summed E-state index contributed by atoms with van der Waals surface area (Å²) < 4.78 is 16.6. The molecule has 0 spiro atoms. The van der Waals surface area contributed by atoms with Gasteiger partial charge < -0.3 is 23.9 Å². The minimum atomic E-state index is -0.775. The SMILES string of the molecule is COCCCN1C(=O)C(O)=C(C(=O)c2ccc(C)o2)C1c1cccc(OCc2ccccc2)c1. The lowest BCUT2D eigenvalue weighted by Gasteiger charge is -2.27. The van der Waals surface area contributed by atoms with Gasteiger partial charge in [0.1, 0.15) is 18.1 Å². The third-order valence-corrected chi connectivity index (χ3v) is 5.68. The van der Waals surface area contributed by atoms with Crippen molar-refractivity contribution in [1.82, 2.24) is 4.90 Å². The van der Waals surface area contributed by atoms with Crippen LogP contribution in [0, 0.1) is 6.92 Å². The van der Waals surface area contributed by atoms with E-state index in [4.69, 9.17) is 13.9 Å². The van der Waals surface area contributed by atoms with Crippen molar-refractivity contribution in [3.63, 3.8) is 0 Å². The van der Waals surface area contributed by atoms with E-state index >= 15 is 0 Å². The molecule has 2 aromatic carbocycles. The number of carbonyl (C=O) groups is 2. The number of hydrogen-bond acceptors (Lipinski definition) is 6. The Balaban J connectivity index is 1.67. The highest BCUT2D eigenvalue weighted by atomic mass is 16.5. The summed E-state index contributed by atoms with van der Waals surface area (Å²) in [7, 11) is 1.58. The number of ether oxygens (including phenoxy) is 2. The molecule has 0 radical (unpaired) electrons. The van der Waals surface area contributed by atoms with Gasteiger partial charge in [-0.25, -0.2) is 0 Å². The smallest absolute Gasteiger partial charge is 0.290 e. The van der Waals surface area contributed by atoms with Crippen molar-refractivity contribution in [1.29, 1.82) is 0 Å². The number of ketones is 1. The van der Waals surface area contributed by atoms with Gasteiger partial charge in [0, 0.05) is 20.3 Å². The molecule has 2 heterocycles. The summed E-state index contributed by atoms with van der Waals surface area (Å²) in [5.74, 6) is -0.434. The number of aliphatic hydroxyl groups excluding tert-OH is 1. The molecule has 7 heteroatoms. The van der Waals surface area contributed by atoms with Crippen molar-refractivity contribution in [2.75, 3.05) is 20.3 Å². The lowest BCUT2D eigenvalue weighted by atomic mass is 9.95. The number of carbonyl (C=O) groups excluding carboxylic acids is 2. The molecule has 34 heavy (non-hydrogen) atoms. The lowest BCUT2D eigenvalue weighted by Crippen LogP contribution is -2.32. The molecule has 1 aliphatic rings. The molecule has 3 aromatic rings. The van der Waals surface area contributed by atoms with Crippen molar-refractivity contribution in [3.05, 3.63) is 101 Å². The van der Waals surface area contributed by atoms with Crippen LogP contribution in [0.5, 0.6) is 5.75 Å². The van der Waals surface area contributed by atoms with Gasteiger partial charge in [0.25, 0.3) is 5.91 Å². The summed E-state index contributed by atoms with van der Waals surface area (Å²) >= 11 is 0. The Labute approximate surface area is 198 Å². The number of rotatable bonds is 10. The number of benzene rings is 2. The number of hydrogen-bond donors (Lipinski definition) is 1. The van der Waals surface area contributed by atoms with Crippen molar-refractivity contribution in [2.24, 2.45) is 0 Å². The van der Waals surface area contributed by atoms with Gasteiger partial charge in [-0.1, -0.05) is 42.5 Å². The Morgan fingerprint density at radius 2 is 1.88 bits per heavy atom. The lowest BCUT2D eigenvalue weighted by molar-refractivity contribution is -0.129. The highest BCUT2D eigenvalue weighted by Gasteiger charge is 2.44. The summed E-state index contributed by atoms with van der Waals surface area (Å²) in [6.45, 7) is 2.86. The molecule has 176 valence electrons. The average molecular weight is 462 g/mol. The van der Waals surface area contributed by atoms with Gasteiger partial charge in [-0.2, -0.15) is 0 Å². The van der Waals surface area contributed by atoms with Crippen LogP contribution in [0.1, 0.15) is 39.9 Å². The van der Waals surface area contributed by atoms with Crippen molar-refractivity contribution >= 4 is 11.7 Å². The predicted octanol–water partition coefficient (Wildman–Crippen LogP) is 4.78.